The molecule has 15 heavy (non-hydrogen) atoms. The second-order valence-electron chi connectivity index (χ2n) is 3.58. The monoisotopic (exact) mass is 202 g/mol. The second kappa shape index (κ2) is 3.91. The molecule has 2 heteroatoms. The number of fused-ring (bicyclic) bond motifs is 1. The van der Waals surface area contributed by atoms with Crippen LogP contribution in [0.3, 0.4) is 0 Å². The molecule has 2 aromatic carbocycles. The number of methoxy groups -OCH3 is 1. The summed E-state index contributed by atoms with van der Waals surface area (Å²) in [6, 6.07) is 11.9. The molecule has 78 valence electrons. The maximum absolute atomic E-state index is 9.75. The van der Waals surface area contributed by atoms with Crippen LogP contribution in [0.5, 0.6) is 5.75 Å². The molecule has 2 aromatic rings. The predicted octanol–water partition coefficient (Wildman–Crippen LogP) is 2.90. The highest BCUT2D eigenvalue weighted by atomic mass is 16.5. The molecular formula is C13H14O2. The van der Waals surface area contributed by atoms with Crippen LogP contribution in [0, 0.1) is 0 Å². The van der Waals surface area contributed by atoms with Gasteiger partial charge in [-0.05, 0) is 23.8 Å². The van der Waals surface area contributed by atoms with Crippen molar-refractivity contribution < 1.29 is 9.84 Å². The summed E-state index contributed by atoms with van der Waals surface area (Å²) >= 11 is 0. The maximum Gasteiger partial charge on any atom is 0.125 e. The third-order valence-electron chi connectivity index (χ3n) is 2.57. The fourth-order valence-corrected chi connectivity index (χ4v) is 1.88. The predicted molar refractivity (Wildman–Crippen MR) is 61.1 cm³/mol. The van der Waals surface area contributed by atoms with E-state index in [9.17, 15) is 5.11 Å². The number of benzene rings is 2. The van der Waals surface area contributed by atoms with E-state index in [0.29, 0.717) is 0 Å². The van der Waals surface area contributed by atoms with Crippen molar-refractivity contribution in [1.82, 2.24) is 0 Å². The lowest BCUT2D eigenvalue weighted by atomic mass is 10.00. The zero-order valence-electron chi connectivity index (χ0n) is 8.90. The summed E-state index contributed by atoms with van der Waals surface area (Å²) in [5.74, 6) is 0.740. The molecule has 0 aliphatic rings. The molecule has 0 radical (unpaired) electrons. The van der Waals surface area contributed by atoms with Crippen LogP contribution < -0.4 is 4.74 Å². The second-order valence-corrected chi connectivity index (χ2v) is 3.58. The third-order valence-corrected chi connectivity index (χ3v) is 2.57. The Hall–Kier alpha value is -1.54. The van der Waals surface area contributed by atoms with Crippen LogP contribution in [-0.2, 0) is 0 Å². The highest BCUT2D eigenvalue weighted by Gasteiger charge is 2.12. The molecule has 0 unspecified atom stereocenters. The number of ether oxygens (including phenoxy) is 1. The topological polar surface area (TPSA) is 29.5 Å². The van der Waals surface area contributed by atoms with Gasteiger partial charge in [0.15, 0.2) is 0 Å². The Morgan fingerprint density at radius 3 is 2.53 bits per heavy atom. The molecule has 0 saturated carbocycles. The van der Waals surface area contributed by atoms with Crippen molar-refractivity contribution in [2.75, 3.05) is 7.11 Å². The van der Waals surface area contributed by atoms with Crippen molar-refractivity contribution >= 4 is 10.8 Å². The van der Waals surface area contributed by atoms with Gasteiger partial charge in [0.25, 0.3) is 0 Å². The van der Waals surface area contributed by atoms with Gasteiger partial charge in [0.2, 0.25) is 0 Å². The third kappa shape index (κ3) is 1.68. The fraction of sp³-hybridized carbons (Fsp3) is 0.231. The van der Waals surface area contributed by atoms with Gasteiger partial charge in [-0.1, -0.05) is 30.3 Å². The first-order chi connectivity index (χ1) is 7.24. The smallest absolute Gasteiger partial charge is 0.125 e. The van der Waals surface area contributed by atoms with Crippen molar-refractivity contribution in [3.63, 3.8) is 0 Å². The summed E-state index contributed by atoms with van der Waals surface area (Å²) in [7, 11) is 1.62. The summed E-state index contributed by atoms with van der Waals surface area (Å²) in [6.07, 6.45) is -0.522. The molecule has 2 rings (SSSR count). The molecule has 0 aliphatic heterocycles. The highest BCUT2D eigenvalue weighted by molar-refractivity contribution is 5.88. The van der Waals surface area contributed by atoms with E-state index in [2.05, 4.69) is 0 Å². The van der Waals surface area contributed by atoms with Crippen molar-refractivity contribution in [2.24, 2.45) is 0 Å². The number of hydrogen-bond donors (Lipinski definition) is 1. The van der Waals surface area contributed by atoms with Crippen LogP contribution in [0.25, 0.3) is 10.8 Å². The van der Waals surface area contributed by atoms with Gasteiger partial charge in [-0.25, -0.2) is 0 Å². The van der Waals surface area contributed by atoms with Crippen LogP contribution in [0.2, 0.25) is 0 Å². The minimum atomic E-state index is -0.522. The van der Waals surface area contributed by atoms with Gasteiger partial charge in [0.1, 0.15) is 5.75 Å². The van der Waals surface area contributed by atoms with E-state index < -0.39 is 6.10 Å². The van der Waals surface area contributed by atoms with Crippen molar-refractivity contribution in [3.05, 3.63) is 42.0 Å². The average molecular weight is 202 g/mol. The lowest BCUT2D eigenvalue weighted by Crippen LogP contribution is -1.97. The summed E-state index contributed by atoms with van der Waals surface area (Å²) < 4.78 is 5.25. The van der Waals surface area contributed by atoms with Crippen molar-refractivity contribution in [3.8, 4) is 5.75 Å². The molecule has 0 amide bonds. The molecule has 0 aromatic heterocycles. The summed E-state index contributed by atoms with van der Waals surface area (Å²) in [6.45, 7) is 1.75. The first-order valence-electron chi connectivity index (χ1n) is 4.97. The number of aliphatic hydroxyl groups is 1. The van der Waals surface area contributed by atoms with E-state index in [1.165, 1.54) is 0 Å². The van der Waals surface area contributed by atoms with Crippen LogP contribution in [0.15, 0.2) is 36.4 Å². The number of aliphatic hydroxyl groups excluding tert-OH is 1. The van der Waals surface area contributed by atoms with Gasteiger partial charge in [0, 0.05) is 5.56 Å². The molecular weight excluding hydrogens is 188 g/mol. The molecule has 0 fully saturated rings. The maximum atomic E-state index is 9.75. The largest absolute Gasteiger partial charge is 0.496 e. The Kier molecular flexibility index (Phi) is 2.60. The average Bonchev–Trinajstić information content (AvgIpc) is 2.27. The quantitative estimate of drug-likeness (QED) is 0.811. The Labute approximate surface area is 89.1 Å². The Balaban J connectivity index is 2.79. The highest BCUT2D eigenvalue weighted by Crippen LogP contribution is 2.32. The van der Waals surface area contributed by atoms with E-state index in [1.54, 1.807) is 14.0 Å². The van der Waals surface area contributed by atoms with Crippen LogP contribution in [0.4, 0.5) is 0 Å². The molecule has 0 spiro atoms. The summed E-state index contributed by atoms with van der Waals surface area (Å²) in [5.41, 5.74) is 0.857. The molecule has 0 aliphatic carbocycles. The zero-order chi connectivity index (χ0) is 10.8. The minimum absolute atomic E-state index is 0.522. The normalized spacial score (nSPS) is 12.7. The van der Waals surface area contributed by atoms with Gasteiger partial charge >= 0.3 is 0 Å². The van der Waals surface area contributed by atoms with Crippen molar-refractivity contribution in [2.45, 2.75) is 13.0 Å². The van der Waals surface area contributed by atoms with Gasteiger partial charge < -0.3 is 9.84 Å². The SMILES string of the molecule is COc1ccc2ccccc2c1[C@H](C)O. The lowest BCUT2D eigenvalue weighted by Gasteiger charge is -2.14. The summed E-state index contributed by atoms with van der Waals surface area (Å²) in [5, 5.41) is 11.9. The number of hydrogen-bond acceptors (Lipinski definition) is 2. The molecule has 1 atom stereocenters. The van der Waals surface area contributed by atoms with Crippen LogP contribution in [0.1, 0.15) is 18.6 Å². The van der Waals surface area contributed by atoms with E-state index in [4.69, 9.17) is 4.74 Å². The van der Waals surface area contributed by atoms with Crippen LogP contribution in [-0.4, -0.2) is 12.2 Å². The van der Waals surface area contributed by atoms with E-state index in [1.807, 2.05) is 36.4 Å². The Morgan fingerprint density at radius 2 is 1.87 bits per heavy atom. The molecule has 0 heterocycles. The fourth-order valence-electron chi connectivity index (χ4n) is 1.88. The van der Waals surface area contributed by atoms with Gasteiger partial charge in [-0.3, -0.25) is 0 Å². The first-order valence-corrected chi connectivity index (χ1v) is 4.97. The number of rotatable bonds is 2. The van der Waals surface area contributed by atoms with Gasteiger partial charge in [0.05, 0.1) is 13.2 Å². The molecule has 0 bridgehead atoms. The van der Waals surface area contributed by atoms with Crippen molar-refractivity contribution in [1.29, 1.82) is 0 Å². The molecule has 1 N–H and O–H groups in total. The minimum Gasteiger partial charge on any atom is -0.496 e. The Morgan fingerprint density at radius 1 is 1.13 bits per heavy atom. The lowest BCUT2D eigenvalue weighted by molar-refractivity contribution is 0.196. The van der Waals surface area contributed by atoms with Gasteiger partial charge in [-0.2, -0.15) is 0 Å². The molecule has 2 nitrogen and oxygen atoms in total. The Bertz CT molecular complexity index is 475. The van der Waals surface area contributed by atoms with Crippen LogP contribution >= 0.6 is 0 Å². The first kappa shape index (κ1) is 9.99. The van der Waals surface area contributed by atoms with E-state index in [-0.39, 0.29) is 0 Å². The summed E-state index contributed by atoms with van der Waals surface area (Å²) in [4.78, 5) is 0. The zero-order valence-corrected chi connectivity index (χ0v) is 8.90. The van der Waals surface area contributed by atoms with E-state index >= 15 is 0 Å². The standard InChI is InChI=1S/C13H14O2/c1-9(14)13-11-6-4-3-5-10(11)7-8-12(13)15-2/h3-9,14H,1-2H3/t9-/m0/s1. The molecule has 0 saturated heterocycles. The van der Waals surface area contributed by atoms with E-state index in [0.717, 1.165) is 22.1 Å². The van der Waals surface area contributed by atoms with Gasteiger partial charge in [-0.15, -0.1) is 0 Å².